The van der Waals surface area contributed by atoms with Crippen LogP contribution < -0.4 is 32.1 Å². The Kier molecular flexibility index (Phi) is 17.6. The molecule has 0 atom stereocenters. The molecule has 6 N–H and O–H groups in total. The Labute approximate surface area is 345 Å². The topological polar surface area (TPSA) is 181 Å². The van der Waals surface area contributed by atoms with Crippen molar-refractivity contribution < 1.29 is 54.6 Å². The summed E-state index contributed by atoms with van der Waals surface area (Å²) in [6, 6.07) is 22.5. The van der Waals surface area contributed by atoms with Crippen molar-refractivity contribution >= 4 is 63.9 Å². The Morgan fingerprint density at radius 1 is 0.667 bits per heavy atom. The number of carbonyl (C=O) groups is 3. The molecule has 0 aliphatic rings. The molecule has 1 amide bonds. The van der Waals surface area contributed by atoms with E-state index in [1.165, 1.54) is 30.3 Å². The van der Waals surface area contributed by atoms with Gasteiger partial charge in [0, 0.05) is 11.4 Å². The molecule has 21 heteroatoms. The highest BCUT2D eigenvalue weighted by atomic mass is 32.1. The summed E-state index contributed by atoms with van der Waals surface area (Å²) in [6.45, 7) is 3.58. The van der Waals surface area contributed by atoms with Crippen LogP contribution in [0.25, 0.3) is 11.5 Å². The molecule has 0 radical (unpaired) electrons. The molecule has 4 aromatic carbocycles. The number of ether oxygens (including phenoxy) is 2. The van der Waals surface area contributed by atoms with Gasteiger partial charge >= 0.3 is 30.3 Å². The van der Waals surface area contributed by atoms with Gasteiger partial charge in [0.1, 0.15) is 13.1 Å². The lowest BCUT2D eigenvalue weighted by molar-refractivity contribution is -0.142. The molecular formula is C39H40F6N8O6S. The number of hydrazine groups is 1. The number of alkyl halides is 6. The fourth-order valence-electron chi connectivity index (χ4n) is 4.72. The number of nitrogens with zero attached hydrogens (tertiary/aromatic N) is 2. The highest BCUT2D eigenvalue weighted by Crippen LogP contribution is 2.33. The van der Waals surface area contributed by atoms with Gasteiger partial charge in [0.2, 0.25) is 0 Å². The van der Waals surface area contributed by atoms with E-state index in [1.54, 1.807) is 56.3 Å². The van der Waals surface area contributed by atoms with Crippen molar-refractivity contribution in [3.63, 3.8) is 0 Å². The van der Waals surface area contributed by atoms with Gasteiger partial charge in [-0.3, -0.25) is 25.2 Å². The van der Waals surface area contributed by atoms with Crippen molar-refractivity contribution in [2.24, 2.45) is 0 Å². The third-order valence-electron chi connectivity index (χ3n) is 7.41. The van der Waals surface area contributed by atoms with Crippen LogP contribution in [0.3, 0.4) is 0 Å². The first-order chi connectivity index (χ1) is 28.1. The molecule has 1 heterocycles. The second-order valence-electron chi connectivity index (χ2n) is 11.6. The second-order valence-corrected chi connectivity index (χ2v) is 12.0. The number of carbonyl (C=O) groups excluding carboxylic acids is 3. The molecule has 0 aliphatic heterocycles. The number of amides is 1. The lowest BCUT2D eigenvalue weighted by Crippen LogP contribution is -2.48. The van der Waals surface area contributed by atoms with Crippen LogP contribution in [0.5, 0.6) is 0 Å². The summed E-state index contributed by atoms with van der Waals surface area (Å²) in [5.41, 5.74) is 5.87. The van der Waals surface area contributed by atoms with Crippen molar-refractivity contribution in [1.29, 1.82) is 0 Å². The molecule has 0 saturated heterocycles. The van der Waals surface area contributed by atoms with E-state index >= 15 is 0 Å². The maximum Gasteiger partial charge on any atom is 0.416 e. The summed E-state index contributed by atoms with van der Waals surface area (Å²) in [4.78, 5) is 35.1. The van der Waals surface area contributed by atoms with E-state index in [0.717, 1.165) is 24.3 Å². The van der Waals surface area contributed by atoms with Crippen LogP contribution in [-0.2, 0) is 31.4 Å². The zero-order valence-electron chi connectivity index (χ0n) is 31.1. The first-order valence-electron chi connectivity index (χ1n) is 17.4. The van der Waals surface area contributed by atoms with Crippen LogP contribution in [0.4, 0.5) is 55.1 Å². The number of esters is 2. The predicted molar refractivity (Wildman–Crippen MR) is 215 cm³/mol. The molecule has 0 spiro atoms. The Balaban J connectivity index is 0.000000315. The number of halogens is 6. The van der Waals surface area contributed by atoms with Gasteiger partial charge in [-0.25, -0.2) is 0 Å². The Morgan fingerprint density at radius 2 is 1.17 bits per heavy atom. The average Bonchev–Trinajstić information content (AvgIpc) is 3.68. The lowest BCUT2D eigenvalue weighted by Gasteiger charge is -2.14. The highest BCUT2D eigenvalue weighted by Gasteiger charge is 2.31. The first-order valence-corrected chi connectivity index (χ1v) is 17.8. The lowest BCUT2D eigenvalue weighted by atomic mass is 10.1. The van der Waals surface area contributed by atoms with Gasteiger partial charge in [-0.2, -0.15) is 26.3 Å². The molecule has 60 heavy (non-hydrogen) atoms. The van der Waals surface area contributed by atoms with Gasteiger partial charge in [0.15, 0.2) is 5.11 Å². The Bertz CT molecular complexity index is 2190. The quantitative estimate of drug-likeness (QED) is 0.0288. The Hall–Kier alpha value is -6.90. The number of hydrogen-bond acceptors (Lipinski definition) is 12. The summed E-state index contributed by atoms with van der Waals surface area (Å²) in [5.74, 6) is -1.34. The number of nitrogens with one attached hydrogen (secondary N) is 6. The molecule has 14 nitrogen and oxygen atoms in total. The molecule has 320 valence electrons. The minimum Gasteiger partial charge on any atom is -0.465 e. The van der Waals surface area contributed by atoms with Crippen molar-refractivity contribution in [2.45, 2.75) is 33.6 Å². The largest absolute Gasteiger partial charge is 0.465 e. The van der Waals surface area contributed by atoms with Crippen LogP contribution in [0.1, 0.15) is 42.8 Å². The van der Waals surface area contributed by atoms with Crippen molar-refractivity contribution in [1.82, 2.24) is 26.4 Å². The van der Waals surface area contributed by atoms with E-state index in [2.05, 4.69) is 42.3 Å². The number of anilines is 5. The third kappa shape index (κ3) is 14.8. The van der Waals surface area contributed by atoms with Crippen molar-refractivity contribution in [3.8, 4) is 11.5 Å². The molecule has 5 rings (SSSR count). The van der Waals surface area contributed by atoms with E-state index in [1.807, 2.05) is 0 Å². The van der Waals surface area contributed by atoms with Crippen LogP contribution in [0.2, 0.25) is 0 Å². The summed E-state index contributed by atoms with van der Waals surface area (Å²) >= 11 is 4.95. The molecule has 1 aromatic heterocycles. The number of para-hydroxylation sites is 2. The van der Waals surface area contributed by atoms with Gasteiger partial charge < -0.3 is 35.2 Å². The molecule has 5 aromatic rings. The summed E-state index contributed by atoms with van der Waals surface area (Å²) < 4.78 is 91.2. The zero-order valence-corrected chi connectivity index (χ0v) is 31.9. The van der Waals surface area contributed by atoms with E-state index in [-0.39, 0.29) is 56.3 Å². The molecule has 0 bridgehead atoms. The fraction of sp³-hybridized carbons (Fsp3) is 0.231. The van der Waals surface area contributed by atoms with Crippen LogP contribution in [-0.4, -0.2) is 59.5 Å². The smallest absolute Gasteiger partial charge is 0.416 e. The summed E-state index contributed by atoms with van der Waals surface area (Å²) in [7, 11) is 0. The number of rotatable bonds is 13. The molecular weight excluding hydrogens is 823 g/mol. The van der Waals surface area contributed by atoms with Gasteiger partial charge in [-0.05, 0) is 98.9 Å². The maximum atomic E-state index is 12.7. The van der Waals surface area contributed by atoms with E-state index in [0.29, 0.717) is 28.3 Å². The van der Waals surface area contributed by atoms with Crippen molar-refractivity contribution in [2.75, 3.05) is 42.3 Å². The van der Waals surface area contributed by atoms with E-state index in [9.17, 15) is 40.7 Å². The SMILES string of the molecule is C.CCOC(=O)CNC(=S)NNC(=O)c1ccccc1Nc1ccc(C(F)(F)F)cc1.CCOC(=O)CNc1nnc(-c2ccccc2Nc2ccc(C(F)(F)F)cc2)o1. The number of aromatic nitrogens is 2. The van der Waals surface area contributed by atoms with E-state index in [4.69, 9.17) is 26.1 Å². The van der Waals surface area contributed by atoms with Crippen molar-refractivity contribution in [3.05, 3.63) is 114 Å². The molecule has 0 saturated carbocycles. The van der Waals surface area contributed by atoms with Gasteiger partial charge in [-0.1, -0.05) is 36.8 Å². The van der Waals surface area contributed by atoms with Gasteiger partial charge in [0.25, 0.3) is 11.8 Å². The maximum absolute atomic E-state index is 12.7. The number of hydrogen-bond donors (Lipinski definition) is 6. The second kappa shape index (κ2) is 22.3. The summed E-state index contributed by atoms with van der Waals surface area (Å²) in [5, 5.41) is 18.9. The minimum atomic E-state index is -4.43. The highest BCUT2D eigenvalue weighted by molar-refractivity contribution is 7.80. The Morgan fingerprint density at radius 3 is 1.72 bits per heavy atom. The number of benzene rings is 4. The average molecular weight is 863 g/mol. The van der Waals surface area contributed by atoms with E-state index < -0.39 is 41.3 Å². The standard InChI is InChI=1S/C19H19F3N4O3S.C19H17F3N4O3.CH4/c1-2-29-16(27)11-23-18(30)26-25-17(28)14-5-3-4-6-15(14)24-13-9-7-12(8-10-13)19(20,21)22;1-2-28-16(27)11-23-18-26-25-17(29-18)14-5-3-4-6-15(14)24-13-9-7-12(8-10-13)19(20,21)22;/h3-10,24H,2,11H2,1H3,(H,25,28)(H2,23,26,30);3-10,24H,2,11H2,1H3,(H,23,26);1H4. The third-order valence-corrected chi connectivity index (χ3v) is 7.66. The number of thiocarbonyl (C=S) groups is 1. The zero-order chi connectivity index (χ0) is 43.0. The van der Waals surface area contributed by atoms with Crippen LogP contribution >= 0.6 is 12.2 Å². The molecule has 0 aliphatic carbocycles. The minimum absolute atomic E-state index is 0. The predicted octanol–water partition coefficient (Wildman–Crippen LogP) is 8.23. The fourth-order valence-corrected chi connectivity index (χ4v) is 4.84. The normalized spacial score (nSPS) is 10.7. The van der Waals surface area contributed by atoms with Crippen LogP contribution in [0.15, 0.2) is 101 Å². The van der Waals surface area contributed by atoms with Gasteiger partial charge in [0.05, 0.1) is 46.8 Å². The summed E-state index contributed by atoms with van der Waals surface area (Å²) in [6.07, 6.45) is -8.82. The van der Waals surface area contributed by atoms with Crippen LogP contribution in [0, 0.1) is 0 Å². The molecule has 0 fully saturated rings. The monoisotopic (exact) mass is 862 g/mol. The first kappa shape index (κ1) is 47.5. The van der Waals surface area contributed by atoms with Gasteiger partial charge in [-0.15, -0.1) is 5.10 Å². The molecule has 0 unspecified atom stereocenters.